The second-order valence-corrected chi connectivity index (χ2v) is 5.06. The molecular formula is C14H15ClN2O4. The second-order valence-electron chi connectivity index (χ2n) is 4.62. The van der Waals surface area contributed by atoms with Gasteiger partial charge in [-0.1, -0.05) is 11.6 Å². The zero-order chi connectivity index (χ0) is 15.2. The fourth-order valence-corrected chi connectivity index (χ4v) is 2.02. The number of carbonyl (C=O) groups is 3. The number of halogens is 1. The van der Waals surface area contributed by atoms with E-state index in [4.69, 9.17) is 16.3 Å². The van der Waals surface area contributed by atoms with Crippen molar-refractivity contribution in [2.24, 2.45) is 0 Å². The maximum Gasteiger partial charge on any atom is 0.249 e. The van der Waals surface area contributed by atoms with Gasteiger partial charge in [0.05, 0.1) is 13.0 Å². The van der Waals surface area contributed by atoms with Crippen LogP contribution in [0.5, 0.6) is 5.75 Å². The Morgan fingerprint density at radius 1 is 1.33 bits per heavy atom. The first-order valence-corrected chi connectivity index (χ1v) is 6.94. The van der Waals surface area contributed by atoms with Crippen LogP contribution in [-0.4, -0.2) is 30.4 Å². The summed E-state index contributed by atoms with van der Waals surface area (Å²) < 4.78 is 5.39. The Labute approximate surface area is 126 Å². The predicted octanol–water partition coefficient (Wildman–Crippen LogP) is 1.03. The Balaban J connectivity index is 1.71. The van der Waals surface area contributed by atoms with Crippen LogP contribution in [0, 0.1) is 0 Å². The third-order valence-corrected chi connectivity index (χ3v) is 3.24. The highest BCUT2D eigenvalue weighted by Crippen LogP contribution is 2.15. The van der Waals surface area contributed by atoms with Gasteiger partial charge in [0.1, 0.15) is 11.8 Å². The Hall–Kier alpha value is -2.08. The maximum absolute atomic E-state index is 11.7. The average Bonchev–Trinajstić information content (AvgIpc) is 2.44. The summed E-state index contributed by atoms with van der Waals surface area (Å²) in [7, 11) is 0. The number of amides is 3. The van der Waals surface area contributed by atoms with Gasteiger partial charge >= 0.3 is 0 Å². The van der Waals surface area contributed by atoms with Crippen LogP contribution in [0.3, 0.4) is 0 Å². The first kappa shape index (κ1) is 15.3. The summed E-state index contributed by atoms with van der Waals surface area (Å²) in [6.45, 7) is 0.195. The van der Waals surface area contributed by atoms with Crippen LogP contribution < -0.4 is 15.4 Å². The molecule has 112 valence electrons. The van der Waals surface area contributed by atoms with E-state index in [0.29, 0.717) is 17.2 Å². The standard InChI is InChI=1S/C14H15ClN2O4/c15-9-1-3-10(4-2-9)21-8-7-13(19)16-11-5-6-12(18)17-14(11)20/h1-4,11H,5-8H2,(H,16,19)(H,17,18,20). The fraction of sp³-hybridized carbons (Fsp3) is 0.357. The average molecular weight is 311 g/mol. The summed E-state index contributed by atoms with van der Waals surface area (Å²) in [6.07, 6.45) is 0.687. The number of benzene rings is 1. The van der Waals surface area contributed by atoms with Gasteiger partial charge in [0.25, 0.3) is 0 Å². The van der Waals surface area contributed by atoms with Gasteiger partial charge in [0.2, 0.25) is 17.7 Å². The lowest BCUT2D eigenvalue weighted by Crippen LogP contribution is -2.52. The van der Waals surface area contributed by atoms with Gasteiger partial charge in [-0.05, 0) is 30.7 Å². The van der Waals surface area contributed by atoms with Crippen molar-refractivity contribution in [1.29, 1.82) is 0 Å². The molecule has 1 aromatic rings. The van der Waals surface area contributed by atoms with Gasteiger partial charge in [-0.2, -0.15) is 0 Å². The van der Waals surface area contributed by atoms with E-state index in [1.54, 1.807) is 24.3 Å². The number of imide groups is 1. The molecule has 0 aliphatic carbocycles. The van der Waals surface area contributed by atoms with Gasteiger partial charge in [-0.25, -0.2) is 0 Å². The summed E-state index contributed by atoms with van der Waals surface area (Å²) >= 11 is 5.75. The largest absolute Gasteiger partial charge is 0.493 e. The van der Waals surface area contributed by atoms with Crippen molar-refractivity contribution in [2.75, 3.05) is 6.61 Å². The summed E-state index contributed by atoms with van der Waals surface area (Å²) in [5, 5.41) is 5.38. The Morgan fingerprint density at radius 3 is 2.71 bits per heavy atom. The van der Waals surface area contributed by atoms with E-state index in [1.807, 2.05) is 0 Å². The Bertz CT molecular complexity index is 544. The predicted molar refractivity (Wildman–Crippen MR) is 75.9 cm³/mol. The van der Waals surface area contributed by atoms with E-state index in [1.165, 1.54) is 0 Å². The van der Waals surface area contributed by atoms with Gasteiger partial charge in [-0.15, -0.1) is 0 Å². The summed E-state index contributed by atoms with van der Waals surface area (Å²) in [4.78, 5) is 34.2. The number of nitrogens with one attached hydrogen (secondary N) is 2. The quantitative estimate of drug-likeness (QED) is 0.796. The van der Waals surface area contributed by atoms with E-state index >= 15 is 0 Å². The van der Waals surface area contributed by atoms with E-state index in [2.05, 4.69) is 10.6 Å². The molecule has 3 amide bonds. The highest BCUT2D eigenvalue weighted by molar-refractivity contribution is 6.30. The third kappa shape index (κ3) is 4.75. The van der Waals surface area contributed by atoms with Crippen molar-refractivity contribution in [3.8, 4) is 5.75 Å². The molecule has 0 aromatic heterocycles. The third-order valence-electron chi connectivity index (χ3n) is 2.99. The molecule has 0 radical (unpaired) electrons. The SMILES string of the molecule is O=C1CCC(NC(=O)CCOc2ccc(Cl)cc2)C(=O)N1. The van der Waals surface area contributed by atoms with Crippen LogP contribution in [0.25, 0.3) is 0 Å². The van der Waals surface area contributed by atoms with Crippen molar-refractivity contribution >= 4 is 29.3 Å². The van der Waals surface area contributed by atoms with Gasteiger partial charge in [0, 0.05) is 11.4 Å². The van der Waals surface area contributed by atoms with Crippen LogP contribution in [0.1, 0.15) is 19.3 Å². The minimum atomic E-state index is -0.647. The van der Waals surface area contributed by atoms with Crippen LogP contribution >= 0.6 is 11.6 Å². The zero-order valence-corrected chi connectivity index (χ0v) is 12.0. The molecular weight excluding hydrogens is 296 g/mol. The first-order chi connectivity index (χ1) is 10.0. The molecule has 1 aliphatic heterocycles. The molecule has 2 rings (SSSR count). The summed E-state index contributed by atoms with van der Waals surface area (Å²) in [5.74, 6) is -0.443. The number of ether oxygens (including phenoxy) is 1. The van der Waals surface area contributed by atoms with Crippen LogP contribution in [-0.2, 0) is 14.4 Å². The molecule has 1 aliphatic rings. The lowest BCUT2D eigenvalue weighted by molar-refractivity contribution is -0.137. The smallest absolute Gasteiger partial charge is 0.249 e. The number of carbonyl (C=O) groups excluding carboxylic acids is 3. The van der Waals surface area contributed by atoms with E-state index in [9.17, 15) is 14.4 Å². The molecule has 6 nitrogen and oxygen atoms in total. The van der Waals surface area contributed by atoms with Gasteiger partial charge < -0.3 is 10.1 Å². The summed E-state index contributed by atoms with van der Waals surface area (Å²) in [6, 6.07) is 6.16. The first-order valence-electron chi connectivity index (χ1n) is 6.56. The number of hydrogen-bond acceptors (Lipinski definition) is 4. The number of piperidine rings is 1. The van der Waals surface area contributed by atoms with Crippen molar-refractivity contribution in [3.63, 3.8) is 0 Å². The highest BCUT2D eigenvalue weighted by Gasteiger charge is 2.27. The van der Waals surface area contributed by atoms with E-state index in [0.717, 1.165) is 0 Å². The Morgan fingerprint density at radius 2 is 2.05 bits per heavy atom. The highest BCUT2D eigenvalue weighted by atomic mass is 35.5. The van der Waals surface area contributed by atoms with E-state index in [-0.39, 0.29) is 31.3 Å². The molecule has 1 fully saturated rings. The van der Waals surface area contributed by atoms with Crippen LogP contribution in [0.2, 0.25) is 5.02 Å². The molecule has 1 saturated heterocycles. The second kappa shape index (κ2) is 7.08. The van der Waals surface area contributed by atoms with E-state index < -0.39 is 11.9 Å². The van der Waals surface area contributed by atoms with Crippen LogP contribution in [0.4, 0.5) is 0 Å². The minimum absolute atomic E-state index is 0.125. The molecule has 0 spiro atoms. The molecule has 0 bridgehead atoms. The molecule has 21 heavy (non-hydrogen) atoms. The topological polar surface area (TPSA) is 84.5 Å². The fourth-order valence-electron chi connectivity index (χ4n) is 1.89. The van der Waals surface area contributed by atoms with Crippen molar-refractivity contribution in [2.45, 2.75) is 25.3 Å². The lowest BCUT2D eigenvalue weighted by Gasteiger charge is -2.21. The van der Waals surface area contributed by atoms with Crippen molar-refractivity contribution in [3.05, 3.63) is 29.3 Å². The Kier molecular flexibility index (Phi) is 5.16. The molecule has 1 heterocycles. The van der Waals surface area contributed by atoms with Crippen molar-refractivity contribution in [1.82, 2.24) is 10.6 Å². The monoisotopic (exact) mass is 310 g/mol. The maximum atomic E-state index is 11.7. The molecule has 0 saturated carbocycles. The molecule has 7 heteroatoms. The molecule has 1 unspecified atom stereocenters. The number of rotatable bonds is 5. The molecule has 1 aromatic carbocycles. The number of hydrogen-bond donors (Lipinski definition) is 2. The zero-order valence-electron chi connectivity index (χ0n) is 11.2. The lowest BCUT2D eigenvalue weighted by atomic mass is 10.1. The minimum Gasteiger partial charge on any atom is -0.493 e. The van der Waals surface area contributed by atoms with Crippen LogP contribution in [0.15, 0.2) is 24.3 Å². The molecule has 1 atom stereocenters. The molecule has 2 N–H and O–H groups in total. The van der Waals surface area contributed by atoms with Gasteiger partial charge in [-0.3, -0.25) is 19.7 Å². The normalized spacial score (nSPS) is 18.0. The van der Waals surface area contributed by atoms with Gasteiger partial charge in [0.15, 0.2) is 0 Å². The summed E-state index contributed by atoms with van der Waals surface area (Å²) in [5.41, 5.74) is 0. The van der Waals surface area contributed by atoms with Crippen molar-refractivity contribution < 1.29 is 19.1 Å².